The van der Waals surface area contributed by atoms with Crippen molar-refractivity contribution in [1.82, 2.24) is 4.31 Å². The zero-order valence-electron chi connectivity index (χ0n) is 16.6. The van der Waals surface area contributed by atoms with E-state index in [-0.39, 0.29) is 29.6 Å². The van der Waals surface area contributed by atoms with Crippen LogP contribution in [0.3, 0.4) is 0 Å². The molecule has 1 aliphatic heterocycles. The second-order valence-corrected chi connectivity index (χ2v) is 9.32. The maximum absolute atomic E-state index is 12.9. The molecule has 0 saturated carbocycles. The third-order valence-electron chi connectivity index (χ3n) is 4.89. The van der Waals surface area contributed by atoms with Crippen LogP contribution in [-0.2, 0) is 19.6 Å². The molecule has 162 valence electrons. The molecule has 3 aromatic rings. The second kappa shape index (κ2) is 9.23. The second-order valence-electron chi connectivity index (χ2n) is 7.01. The number of hydrogen-bond acceptors (Lipinski definition) is 5. The highest BCUT2D eigenvalue weighted by molar-refractivity contribution is 7.89. The number of halogens is 1. The quantitative estimate of drug-likeness (QED) is 0.608. The van der Waals surface area contributed by atoms with Gasteiger partial charge in [-0.2, -0.15) is 4.31 Å². The van der Waals surface area contributed by atoms with Crippen molar-refractivity contribution in [3.63, 3.8) is 0 Å². The monoisotopic (exact) mass is 460 g/mol. The number of carbonyl (C=O) groups is 1. The van der Waals surface area contributed by atoms with Crippen molar-refractivity contribution in [3.05, 3.63) is 65.7 Å². The maximum Gasteiger partial charge on any atom is 0.262 e. The number of benzene rings is 3. The van der Waals surface area contributed by atoms with E-state index in [1.54, 1.807) is 12.1 Å². The number of hydrogen-bond donors (Lipinski definition) is 1. The van der Waals surface area contributed by atoms with Gasteiger partial charge in [0.1, 0.15) is 10.6 Å². The number of morpholine rings is 1. The van der Waals surface area contributed by atoms with E-state index in [1.165, 1.54) is 16.4 Å². The van der Waals surface area contributed by atoms with Gasteiger partial charge in [0.15, 0.2) is 6.61 Å². The van der Waals surface area contributed by atoms with Gasteiger partial charge in [-0.1, -0.05) is 41.9 Å². The predicted molar refractivity (Wildman–Crippen MR) is 119 cm³/mol. The highest BCUT2D eigenvalue weighted by Gasteiger charge is 2.28. The Kier molecular flexibility index (Phi) is 6.43. The van der Waals surface area contributed by atoms with Crippen molar-refractivity contribution in [3.8, 4) is 5.75 Å². The highest BCUT2D eigenvalue weighted by atomic mass is 35.5. The van der Waals surface area contributed by atoms with Gasteiger partial charge in [0.25, 0.3) is 5.91 Å². The molecule has 0 bridgehead atoms. The zero-order valence-corrected chi connectivity index (χ0v) is 18.2. The van der Waals surface area contributed by atoms with E-state index in [1.807, 2.05) is 36.4 Å². The van der Waals surface area contributed by atoms with E-state index in [2.05, 4.69) is 5.32 Å². The summed E-state index contributed by atoms with van der Waals surface area (Å²) in [6.45, 7) is 0.967. The molecule has 1 N–H and O–H groups in total. The number of rotatable bonds is 6. The van der Waals surface area contributed by atoms with Crippen LogP contribution in [0.25, 0.3) is 10.8 Å². The van der Waals surface area contributed by atoms with Crippen molar-refractivity contribution in [2.24, 2.45) is 0 Å². The molecule has 3 aromatic carbocycles. The largest absolute Gasteiger partial charge is 0.484 e. The average Bonchev–Trinajstić information content (AvgIpc) is 2.79. The average molecular weight is 461 g/mol. The molecule has 1 aliphatic rings. The Hall–Kier alpha value is -2.65. The standard InChI is InChI=1S/C22H21ClN2O5S/c23-20-8-6-18(14-21(20)31(27,28)25-9-11-29-12-10-25)24-22(26)15-30-19-7-5-16-3-1-2-4-17(16)13-19/h1-8,13-14H,9-12,15H2,(H,24,26). The smallest absolute Gasteiger partial charge is 0.262 e. The Bertz CT molecular complexity index is 1210. The molecule has 0 atom stereocenters. The number of nitrogens with zero attached hydrogens (tertiary/aromatic N) is 1. The lowest BCUT2D eigenvalue weighted by Crippen LogP contribution is -2.40. The van der Waals surface area contributed by atoms with Gasteiger partial charge in [-0.15, -0.1) is 0 Å². The van der Waals surface area contributed by atoms with Crippen LogP contribution in [-0.4, -0.2) is 51.5 Å². The van der Waals surface area contributed by atoms with Crippen molar-refractivity contribution in [2.75, 3.05) is 38.2 Å². The number of carbonyl (C=O) groups excluding carboxylic acids is 1. The molecule has 4 rings (SSSR count). The molecule has 0 unspecified atom stereocenters. The Morgan fingerprint density at radius 3 is 2.55 bits per heavy atom. The number of fused-ring (bicyclic) bond motifs is 1. The van der Waals surface area contributed by atoms with E-state index < -0.39 is 15.9 Å². The summed E-state index contributed by atoms with van der Waals surface area (Å²) in [5, 5.41) is 4.84. The molecule has 1 heterocycles. The van der Waals surface area contributed by atoms with E-state index in [0.29, 0.717) is 24.7 Å². The first-order valence-corrected chi connectivity index (χ1v) is 11.5. The molecule has 31 heavy (non-hydrogen) atoms. The first-order valence-electron chi connectivity index (χ1n) is 9.72. The Balaban J connectivity index is 1.43. The number of amides is 1. The minimum Gasteiger partial charge on any atom is -0.484 e. The van der Waals surface area contributed by atoms with Gasteiger partial charge < -0.3 is 14.8 Å². The lowest BCUT2D eigenvalue weighted by atomic mass is 10.1. The van der Waals surface area contributed by atoms with Gasteiger partial charge in [-0.05, 0) is 41.1 Å². The summed E-state index contributed by atoms with van der Waals surface area (Å²) in [5.74, 6) is 0.158. The van der Waals surface area contributed by atoms with Crippen molar-refractivity contribution in [1.29, 1.82) is 0 Å². The summed E-state index contributed by atoms with van der Waals surface area (Å²) >= 11 is 6.15. The summed E-state index contributed by atoms with van der Waals surface area (Å²) in [5.41, 5.74) is 0.323. The summed E-state index contributed by atoms with van der Waals surface area (Å²) in [6, 6.07) is 17.8. The summed E-state index contributed by atoms with van der Waals surface area (Å²) in [4.78, 5) is 12.3. The first-order chi connectivity index (χ1) is 14.9. The third-order valence-corrected chi connectivity index (χ3v) is 7.27. The molecule has 1 amide bonds. The molecular formula is C22H21ClN2O5S. The summed E-state index contributed by atoms with van der Waals surface area (Å²) < 4.78 is 38.0. The van der Waals surface area contributed by atoms with Crippen molar-refractivity contribution >= 4 is 44.0 Å². The molecule has 0 spiro atoms. The van der Waals surface area contributed by atoms with Crippen LogP contribution >= 0.6 is 11.6 Å². The van der Waals surface area contributed by atoms with E-state index >= 15 is 0 Å². The molecule has 1 fully saturated rings. The number of anilines is 1. The van der Waals surface area contributed by atoms with Crippen LogP contribution in [0.5, 0.6) is 5.75 Å². The van der Waals surface area contributed by atoms with Gasteiger partial charge in [-0.25, -0.2) is 8.42 Å². The molecule has 0 radical (unpaired) electrons. The molecule has 9 heteroatoms. The fraction of sp³-hybridized carbons (Fsp3) is 0.227. The van der Waals surface area contributed by atoms with Gasteiger partial charge in [0.05, 0.1) is 18.2 Å². The fourth-order valence-corrected chi connectivity index (χ4v) is 5.22. The Labute approximate surface area is 185 Å². The van der Waals surface area contributed by atoms with Crippen LogP contribution in [0.15, 0.2) is 65.6 Å². The predicted octanol–water partition coefficient (Wildman–Crippen LogP) is 3.53. The number of nitrogens with one attached hydrogen (secondary N) is 1. The van der Waals surface area contributed by atoms with Gasteiger partial charge in [0, 0.05) is 18.8 Å². The Morgan fingerprint density at radius 2 is 1.77 bits per heavy atom. The van der Waals surface area contributed by atoms with Crippen LogP contribution in [0.2, 0.25) is 5.02 Å². The minimum atomic E-state index is -3.79. The summed E-state index contributed by atoms with van der Waals surface area (Å²) in [7, 11) is -3.79. The topological polar surface area (TPSA) is 84.9 Å². The van der Waals surface area contributed by atoms with Crippen molar-refractivity contribution < 1.29 is 22.7 Å². The maximum atomic E-state index is 12.9. The first kappa shape index (κ1) is 21.6. The zero-order chi connectivity index (χ0) is 21.8. The molecule has 0 aliphatic carbocycles. The Morgan fingerprint density at radius 1 is 1.03 bits per heavy atom. The lowest BCUT2D eigenvalue weighted by Gasteiger charge is -2.26. The van der Waals surface area contributed by atoms with Crippen LogP contribution in [0, 0.1) is 0 Å². The summed E-state index contributed by atoms with van der Waals surface area (Å²) in [6.07, 6.45) is 0. The third kappa shape index (κ3) is 4.99. The van der Waals surface area contributed by atoms with E-state index in [4.69, 9.17) is 21.1 Å². The normalized spacial score (nSPS) is 15.0. The SMILES string of the molecule is O=C(COc1ccc2ccccc2c1)Nc1ccc(Cl)c(S(=O)(=O)N2CCOCC2)c1. The number of ether oxygens (including phenoxy) is 2. The van der Waals surface area contributed by atoms with Gasteiger partial charge >= 0.3 is 0 Å². The van der Waals surface area contributed by atoms with Crippen LogP contribution < -0.4 is 10.1 Å². The van der Waals surface area contributed by atoms with Crippen molar-refractivity contribution in [2.45, 2.75) is 4.90 Å². The molecule has 0 aromatic heterocycles. The van der Waals surface area contributed by atoms with E-state index in [0.717, 1.165) is 10.8 Å². The molecule has 7 nitrogen and oxygen atoms in total. The minimum absolute atomic E-state index is 0.0516. The molecular weight excluding hydrogens is 440 g/mol. The lowest BCUT2D eigenvalue weighted by molar-refractivity contribution is -0.118. The van der Waals surface area contributed by atoms with Crippen LogP contribution in [0.4, 0.5) is 5.69 Å². The molecule has 1 saturated heterocycles. The van der Waals surface area contributed by atoms with Gasteiger partial charge in [-0.3, -0.25) is 4.79 Å². The fourth-order valence-electron chi connectivity index (χ4n) is 3.31. The van der Waals surface area contributed by atoms with Gasteiger partial charge in [0.2, 0.25) is 10.0 Å². The number of sulfonamides is 1. The van der Waals surface area contributed by atoms with Crippen LogP contribution in [0.1, 0.15) is 0 Å². The highest BCUT2D eigenvalue weighted by Crippen LogP contribution is 2.28. The van der Waals surface area contributed by atoms with E-state index in [9.17, 15) is 13.2 Å².